The number of aldehydes is 2. The van der Waals surface area contributed by atoms with Gasteiger partial charge < -0.3 is 18.1 Å². The fourth-order valence-electron chi connectivity index (χ4n) is 2.44. The predicted octanol–water partition coefficient (Wildman–Crippen LogP) is 1.92. The molecule has 1 rings (SSSR count). The fourth-order valence-corrected chi connectivity index (χ4v) is 4.17. The van der Waals surface area contributed by atoms with E-state index in [2.05, 4.69) is 0 Å². The van der Waals surface area contributed by atoms with Crippen molar-refractivity contribution in [1.29, 1.82) is 0 Å². The molecule has 6 heteroatoms. The highest BCUT2D eigenvalue weighted by atomic mass is 28.4. The molecule has 0 radical (unpaired) electrons. The molecule has 0 aromatic heterocycles. The van der Waals surface area contributed by atoms with Crippen molar-refractivity contribution in [3.05, 3.63) is 23.8 Å². The summed E-state index contributed by atoms with van der Waals surface area (Å²) in [7, 11) is 2.12. The zero-order valence-electron chi connectivity index (χ0n) is 12.3. The van der Waals surface area contributed by atoms with Crippen LogP contribution in [0.25, 0.3) is 0 Å². The second-order valence-electron chi connectivity index (χ2n) is 4.90. The molecule has 0 saturated heterocycles. The summed E-state index contributed by atoms with van der Waals surface area (Å²) in [5, 5.41) is 0. The lowest BCUT2D eigenvalue weighted by Gasteiger charge is -2.29. The van der Waals surface area contributed by atoms with Gasteiger partial charge in [0.1, 0.15) is 12.6 Å². The van der Waals surface area contributed by atoms with Crippen LogP contribution >= 0.6 is 0 Å². The smallest absolute Gasteiger partial charge is 0.377 e. The first kappa shape index (κ1) is 17.0. The van der Waals surface area contributed by atoms with Gasteiger partial charge >= 0.3 is 8.80 Å². The minimum absolute atomic E-state index is 0.456. The van der Waals surface area contributed by atoms with Crippen LogP contribution in [0.3, 0.4) is 0 Å². The molecule has 5 nitrogen and oxygen atoms in total. The predicted molar refractivity (Wildman–Crippen MR) is 77.2 cm³/mol. The van der Waals surface area contributed by atoms with Gasteiger partial charge in [-0.1, -0.05) is 18.2 Å². The summed E-state index contributed by atoms with van der Waals surface area (Å²) in [6.45, 7) is 0. The zero-order chi connectivity index (χ0) is 15.1. The lowest BCUT2D eigenvalue weighted by atomic mass is 9.76. The molecule has 0 aromatic carbocycles. The van der Waals surface area contributed by atoms with Crippen LogP contribution < -0.4 is 0 Å². The average Bonchev–Trinajstić information content (AvgIpc) is 2.52. The third kappa shape index (κ3) is 3.96. The van der Waals surface area contributed by atoms with Crippen molar-refractivity contribution in [3.8, 4) is 0 Å². The van der Waals surface area contributed by atoms with Crippen LogP contribution in [-0.4, -0.2) is 42.7 Å². The van der Waals surface area contributed by atoms with Gasteiger partial charge in [0.05, 0.1) is 0 Å². The zero-order valence-corrected chi connectivity index (χ0v) is 13.3. The van der Waals surface area contributed by atoms with Crippen LogP contribution in [0.5, 0.6) is 0 Å². The summed E-state index contributed by atoms with van der Waals surface area (Å²) in [6, 6.07) is 0.639. The average molecular weight is 298 g/mol. The van der Waals surface area contributed by atoms with E-state index in [0.717, 1.165) is 19.0 Å². The van der Waals surface area contributed by atoms with E-state index >= 15 is 0 Å². The minimum atomic E-state index is -2.60. The van der Waals surface area contributed by atoms with Gasteiger partial charge in [-0.2, -0.15) is 0 Å². The molecule has 1 unspecified atom stereocenters. The van der Waals surface area contributed by atoms with Crippen molar-refractivity contribution >= 4 is 21.4 Å². The summed E-state index contributed by atoms with van der Waals surface area (Å²) in [5.41, 5.74) is 0.0497. The van der Waals surface area contributed by atoms with E-state index in [9.17, 15) is 9.59 Å². The van der Waals surface area contributed by atoms with Gasteiger partial charge in [-0.3, -0.25) is 4.79 Å². The summed E-state index contributed by atoms with van der Waals surface area (Å²) in [5.74, 6) is 0. The topological polar surface area (TPSA) is 61.8 Å². The van der Waals surface area contributed by atoms with Crippen LogP contribution in [0.2, 0.25) is 6.04 Å². The lowest BCUT2D eigenvalue weighted by molar-refractivity contribution is -0.114. The fraction of sp³-hybridized carbons (Fsp3) is 0.571. The van der Waals surface area contributed by atoms with Gasteiger partial charge in [0.25, 0.3) is 0 Å². The Balaban J connectivity index is 2.63. The number of allylic oxidation sites excluding steroid dienone is 4. The number of carbonyl (C=O) groups excluding carboxylic acids is 2. The molecule has 1 atom stereocenters. The molecule has 0 aromatic rings. The van der Waals surface area contributed by atoms with Gasteiger partial charge in [0.15, 0.2) is 0 Å². The largest absolute Gasteiger partial charge is 0.500 e. The Kier molecular flexibility index (Phi) is 6.48. The Morgan fingerprint density at radius 3 is 2.40 bits per heavy atom. The SMILES string of the molecule is CO[Si](CCCC1(C=O)C=CC=C(C=O)C1)(OC)OC. The van der Waals surface area contributed by atoms with E-state index in [1.54, 1.807) is 33.5 Å². The van der Waals surface area contributed by atoms with Crippen molar-refractivity contribution in [2.45, 2.75) is 25.3 Å². The monoisotopic (exact) mass is 298 g/mol. The molecule has 112 valence electrons. The Morgan fingerprint density at radius 1 is 1.25 bits per heavy atom. The Labute approximate surface area is 121 Å². The molecule has 0 amide bonds. The highest BCUT2D eigenvalue weighted by Gasteiger charge is 2.38. The van der Waals surface area contributed by atoms with Crippen LogP contribution in [0.4, 0.5) is 0 Å². The highest BCUT2D eigenvalue weighted by Crippen LogP contribution is 2.35. The van der Waals surface area contributed by atoms with Gasteiger partial charge in [-0.15, -0.1) is 0 Å². The van der Waals surface area contributed by atoms with Crippen molar-refractivity contribution < 1.29 is 22.9 Å². The number of hydrogen-bond acceptors (Lipinski definition) is 5. The molecule has 0 aliphatic heterocycles. The third-order valence-electron chi connectivity index (χ3n) is 3.72. The first-order chi connectivity index (χ1) is 9.59. The van der Waals surface area contributed by atoms with Crippen LogP contribution in [0.1, 0.15) is 19.3 Å². The third-order valence-corrected chi connectivity index (χ3v) is 6.55. The highest BCUT2D eigenvalue weighted by molar-refractivity contribution is 6.60. The van der Waals surface area contributed by atoms with E-state index in [0.29, 0.717) is 24.5 Å². The van der Waals surface area contributed by atoms with Crippen molar-refractivity contribution in [2.24, 2.45) is 5.41 Å². The normalized spacial score (nSPS) is 22.4. The van der Waals surface area contributed by atoms with E-state index in [4.69, 9.17) is 13.3 Å². The van der Waals surface area contributed by atoms with Gasteiger partial charge in [-0.05, 0) is 24.8 Å². The van der Waals surface area contributed by atoms with Crippen LogP contribution in [0, 0.1) is 5.41 Å². The first-order valence-electron chi connectivity index (χ1n) is 6.54. The summed E-state index contributed by atoms with van der Waals surface area (Å²) < 4.78 is 16.1. The second-order valence-corrected chi connectivity index (χ2v) is 7.99. The number of rotatable bonds is 9. The quantitative estimate of drug-likeness (QED) is 0.481. The minimum Gasteiger partial charge on any atom is -0.377 e. The Bertz CT molecular complexity index is 392. The Morgan fingerprint density at radius 2 is 1.90 bits per heavy atom. The van der Waals surface area contributed by atoms with Gasteiger partial charge in [0.2, 0.25) is 0 Å². The Hall–Kier alpha value is -1.08. The van der Waals surface area contributed by atoms with Crippen molar-refractivity contribution in [3.63, 3.8) is 0 Å². The molecular weight excluding hydrogens is 276 g/mol. The maximum atomic E-state index is 11.4. The lowest BCUT2D eigenvalue weighted by Crippen LogP contribution is -2.42. The molecule has 0 fully saturated rings. The summed E-state index contributed by atoms with van der Waals surface area (Å²) >= 11 is 0. The van der Waals surface area contributed by atoms with E-state index in [1.165, 1.54) is 0 Å². The van der Waals surface area contributed by atoms with E-state index in [-0.39, 0.29) is 0 Å². The van der Waals surface area contributed by atoms with Crippen LogP contribution in [-0.2, 0) is 22.9 Å². The molecule has 0 spiro atoms. The molecular formula is C14H22O5Si. The van der Waals surface area contributed by atoms with E-state index < -0.39 is 14.2 Å². The summed E-state index contributed by atoms with van der Waals surface area (Å²) in [6.07, 6.45) is 8.94. The number of carbonyl (C=O) groups is 2. The molecule has 1 aliphatic carbocycles. The molecule has 0 bridgehead atoms. The number of hydrogen-bond donors (Lipinski definition) is 0. The molecule has 1 aliphatic rings. The maximum Gasteiger partial charge on any atom is 0.500 e. The van der Waals surface area contributed by atoms with Crippen molar-refractivity contribution in [1.82, 2.24) is 0 Å². The molecule has 0 N–H and O–H groups in total. The maximum absolute atomic E-state index is 11.4. The molecule has 0 saturated carbocycles. The first-order valence-corrected chi connectivity index (χ1v) is 8.48. The van der Waals surface area contributed by atoms with E-state index in [1.807, 2.05) is 6.08 Å². The molecule has 20 heavy (non-hydrogen) atoms. The standard InChI is InChI=1S/C14H22O5Si/c1-17-20(18-2,19-3)9-5-8-14(12-16)7-4-6-13(10-14)11-15/h4,6-7,11-12H,5,8-10H2,1-3H3. The van der Waals surface area contributed by atoms with Crippen molar-refractivity contribution in [2.75, 3.05) is 21.3 Å². The second kappa shape index (κ2) is 7.63. The summed E-state index contributed by atoms with van der Waals surface area (Å²) in [4.78, 5) is 22.3. The van der Waals surface area contributed by atoms with Crippen LogP contribution in [0.15, 0.2) is 23.8 Å². The van der Waals surface area contributed by atoms with Gasteiger partial charge in [0, 0.05) is 32.8 Å². The van der Waals surface area contributed by atoms with Gasteiger partial charge in [-0.25, -0.2) is 0 Å². The molecule has 0 heterocycles.